The first-order valence-electron chi connectivity index (χ1n) is 4.74. The van der Waals surface area contributed by atoms with Crippen LogP contribution < -0.4 is 0 Å². The van der Waals surface area contributed by atoms with Crippen molar-refractivity contribution in [2.24, 2.45) is 23.7 Å². The highest BCUT2D eigenvalue weighted by molar-refractivity contribution is 5.19. The molecule has 1 nitrogen and oxygen atoms in total. The highest BCUT2D eigenvalue weighted by Crippen LogP contribution is 2.59. The molecule has 2 saturated carbocycles. The van der Waals surface area contributed by atoms with E-state index in [0.717, 1.165) is 17.8 Å². The van der Waals surface area contributed by atoms with Gasteiger partial charge in [-0.2, -0.15) is 0 Å². The highest BCUT2D eigenvalue weighted by atomic mass is 16.3. The minimum Gasteiger partial charge on any atom is -0.389 e. The van der Waals surface area contributed by atoms with Crippen molar-refractivity contribution in [3.63, 3.8) is 0 Å². The van der Waals surface area contributed by atoms with E-state index in [1.54, 1.807) is 0 Å². The van der Waals surface area contributed by atoms with Gasteiger partial charge in [-0.05, 0) is 36.5 Å². The Kier molecular flexibility index (Phi) is 1.07. The van der Waals surface area contributed by atoms with Crippen molar-refractivity contribution < 1.29 is 5.11 Å². The van der Waals surface area contributed by atoms with Gasteiger partial charge in [0.1, 0.15) is 0 Å². The maximum atomic E-state index is 9.58. The van der Waals surface area contributed by atoms with E-state index < -0.39 is 0 Å². The molecule has 1 N–H and O–H groups in total. The molecule has 0 saturated heterocycles. The summed E-state index contributed by atoms with van der Waals surface area (Å²) in [5.74, 6) is 3.22. The van der Waals surface area contributed by atoms with Gasteiger partial charge in [0.15, 0.2) is 0 Å². The lowest BCUT2D eigenvalue weighted by molar-refractivity contribution is -0.0231. The van der Waals surface area contributed by atoms with Crippen molar-refractivity contribution in [1.29, 1.82) is 0 Å². The Morgan fingerprint density at radius 2 is 1.91 bits per heavy atom. The molecule has 0 heterocycles. The number of hydrogen-bond acceptors (Lipinski definition) is 1. The fourth-order valence-corrected chi connectivity index (χ4v) is 3.52. The Bertz CT molecular complexity index is 209. The number of aliphatic hydroxyl groups excluding tert-OH is 1. The van der Waals surface area contributed by atoms with E-state index in [-0.39, 0.29) is 6.10 Å². The van der Waals surface area contributed by atoms with Gasteiger partial charge in [0.05, 0.1) is 6.10 Å². The van der Waals surface area contributed by atoms with E-state index in [1.807, 2.05) is 6.08 Å². The molecule has 11 heavy (non-hydrogen) atoms. The Balaban J connectivity index is 1.88. The van der Waals surface area contributed by atoms with Gasteiger partial charge < -0.3 is 5.11 Å². The smallest absolute Gasteiger partial charge is 0.0757 e. The van der Waals surface area contributed by atoms with E-state index in [9.17, 15) is 5.11 Å². The van der Waals surface area contributed by atoms with Gasteiger partial charge in [0, 0.05) is 0 Å². The average molecular weight is 150 g/mol. The SMILES string of the molecule is O[C@@H]1C=C[C@@H]2[C@H]3CCC[C@H]3[C@@H]21. The van der Waals surface area contributed by atoms with Gasteiger partial charge in [0.25, 0.3) is 0 Å². The van der Waals surface area contributed by atoms with Crippen LogP contribution in [0.1, 0.15) is 19.3 Å². The summed E-state index contributed by atoms with van der Waals surface area (Å²) in [5.41, 5.74) is 0. The lowest BCUT2D eigenvalue weighted by atomic mass is 9.59. The van der Waals surface area contributed by atoms with Crippen LogP contribution in [0.15, 0.2) is 12.2 Å². The van der Waals surface area contributed by atoms with Crippen LogP contribution in [-0.2, 0) is 0 Å². The maximum absolute atomic E-state index is 9.58. The van der Waals surface area contributed by atoms with E-state index in [0.29, 0.717) is 5.92 Å². The van der Waals surface area contributed by atoms with Crippen LogP contribution in [0.2, 0.25) is 0 Å². The number of fused-ring (bicyclic) bond motifs is 4. The third-order valence-electron chi connectivity index (χ3n) is 3.98. The summed E-state index contributed by atoms with van der Waals surface area (Å²) in [6.07, 6.45) is 8.37. The van der Waals surface area contributed by atoms with Crippen molar-refractivity contribution in [1.82, 2.24) is 0 Å². The molecule has 3 aliphatic carbocycles. The molecule has 0 amide bonds. The maximum Gasteiger partial charge on any atom is 0.0757 e. The van der Waals surface area contributed by atoms with Crippen molar-refractivity contribution in [3.05, 3.63) is 12.2 Å². The van der Waals surface area contributed by atoms with Crippen LogP contribution in [-0.4, -0.2) is 11.2 Å². The Morgan fingerprint density at radius 1 is 1.09 bits per heavy atom. The predicted octanol–water partition coefficient (Wildman–Crippen LogP) is 1.58. The fraction of sp³-hybridized carbons (Fsp3) is 0.800. The van der Waals surface area contributed by atoms with Crippen LogP contribution in [0.4, 0.5) is 0 Å². The standard InChI is InChI=1S/C10H14O/c11-9-5-4-8-6-2-1-3-7(6)10(8)9/h4-11H,1-3H2/t6-,7+,8+,9+,10-/m0/s1. The van der Waals surface area contributed by atoms with Gasteiger partial charge in [-0.3, -0.25) is 0 Å². The van der Waals surface area contributed by atoms with Crippen LogP contribution in [0.5, 0.6) is 0 Å². The molecule has 1 heteroatoms. The zero-order chi connectivity index (χ0) is 7.42. The fourth-order valence-electron chi connectivity index (χ4n) is 3.52. The van der Waals surface area contributed by atoms with Gasteiger partial charge >= 0.3 is 0 Å². The quantitative estimate of drug-likeness (QED) is 0.520. The van der Waals surface area contributed by atoms with Gasteiger partial charge in [-0.15, -0.1) is 0 Å². The average Bonchev–Trinajstić information content (AvgIpc) is 2.43. The molecule has 0 aromatic rings. The molecule has 0 unspecified atom stereocenters. The first kappa shape index (κ1) is 6.24. The summed E-state index contributed by atoms with van der Waals surface area (Å²) in [6.45, 7) is 0. The largest absolute Gasteiger partial charge is 0.389 e. The second-order valence-corrected chi connectivity index (χ2v) is 4.29. The predicted molar refractivity (Wildman–Crippen MR) is 43.0 cm³/mol. The summed E-state index contributed by atoms with van der Waals surface area (Å²) in [7, 11) is 0. The van der Waals surface area contributed by atoms with E-state index in [2.05, 4.69) is 6.08 Å². The number of rotatable bonds is 0. The van der Waals surface area contributed by atoms with Gasteiger partial charge in [-0.25, -0.2) is 0 Å². The third kappa shape index (κ3) is 0.610. The topological polar surface area (TPSA) is 20.2 Å². The molecule has 0 aromatic heterocycles. The summed E-state index contributed by atoms with van der Waals surface area (Å²) >= 11 is 0. The van der Waals surface area contributed by atoms with Crippen LogP contribution >= 0.6 is 0 Å². The monoisotopic (exact) mass is 150 g/mol. The van der Waals surface area contributed by atoms with Crippen molar-refractivity contribution in [3.8, 4) is 0 Å². The molecule has 2 fully saturated rings. The molecular weight excluding hydrogens is 136 g/mol. The zero-order valence-corrected chi connectivity index (χ0v) is 6.61. The number of allylic oxidation sites excluding steroid dienone is 1. The molecular formula is C10H14O. The Morgan fingerprint density at radius 3 is 2.82 bits per heavy atom. The Hall–Kier alpha value is -0.300. The van der Waals surface area contributed by atoms with Crippen molar-refractivity contribution in [2.45, 2.75) is 25.4 Å². The van der Waals surface area contributed by atoms with E-state index in [4.69, 9.17) is 0 Å². The molecule has 60 valence electrons. The van der Waals surface area contributed by atoms with E-state index >= 15 is 0 Å². The lowest BCUT2D eigenvalue weighted by Crippen LogP contribution is -2.45. The molecule has 0 spiro atoms. The third-order valence-corrected chi connectivity index (χ3v) is 3.98. The molecule has 5 atom stereocenters. The van der Waals surface area contributed by atoms with Crippen LogP contribution in [0.25, 0.3) is 0 Å². The van der Waals surface area contributed by atoms with Crippen molar-refractivity contribution >= 4 is 0 Å². The molecule has 3 rings (SSSR count). The summed E-state index contributed by atoms with van der Waals surface area (Å²) < 4.78 is 0. The number of hydrogen-bond donors (Lipinski definition) is 1. The molecule has 3 aliphatic rings. The normalized spacial score (nSPS) is 58.8. The number of aliphatic hydroxyl groups is 1. The van der Waals surface area contributed by atoms with Gasteiger partial charge in [-0.1, -0.05) is 18.6 Å². The second kappa shape index (κ2) is 1.89. The first-order chi connectivity index (χ1) is 5.38. The minimum absolute atomic E-state index is 0.0978. The van der Waals surface area contributed by atoms with Gasteiger partial charge in [0.2, 0.25) is 0 Å². The lowest BCUT2D eigenvalue weighted by Gasteiger charge is -2.46. The second-order valence-electron chi connectivity index (χ2n) is 4.29. The highest BCUT2D eigenvalue weighted by Gasteiger charge is 2.55. The zero-order valence-electron chi connectivity index (χ0n) is 6.61. The van der Waals surface area contributed by atoms with E-state index in [1.165, 1.54) is 19.3 Å². The van der Waals surface area contributed by atoms with Crippen molar-refractivity contribution in [2.75, 3.05) is 0 Å². The molecule has 0 aliphatic heterocycles. The summed E-state index contributed by atoms with van der Waals surface area (Å²) in [6, 6.07) is 0. The first-order valence-corrected chi connectivity index (χ1v) is 4.74. The molecule has 0 aromatic carbocycles. The minimum atomic E-state index is -0.0978. The summed E-state index contributed by atoms with van der Waals surface area (Å²) in [4.78, 5) is 0. The Labute approximate surface area is 67.1 Å². The molecule has 0 radical (unpaired) electrons. The molecule has 0 bridgehead atoms. The van der Waals surface area contributed by atoms with Crippen LogP contribution in [0.3, 0.4) is 0 Å². The van der Waals surface area contributed by atoms with Crippen LogP contribution in [0, 0.1) is 23.7 Å². The summed E-state index contributed by atoms with van der Waals surface area (Å²) in [5, 5.41) is 9.58.